The van der Waals surface area contributed by atoms with Gasteiger partial charge in [0.25, 0.3) is 5.91 Å². The summed E-state index contributed by atoms with van der Waals surface area (Å²) in [5.41, 5.74) is 2.68. The van der Waals surface area contributed by atoms with Crippen molar-refractivity contribution in [2.75, 3.05) is 5.32 Å². The second-order valence-electron chi connectivity index (χ2n) is 7.33. The number of aromatic nitrogens is 1. The predicted molar refractivity (Wildman–Crippen MR) is 122 cm³/mol. The fourth-order valence-corrected chi connectivity index (χ4v) is 3.56. The van der Waals surface area contributed by atoms with Crippen LogP contribution in [-0.4, -0.2) is 22.8 Å². The van der Waals surface area contributed by atoms with Crippen LogP contribution in [0.25, 0.3) is 6.08 Å². The number of anilines is 1. The minimum Gasteiger partial charge on any atom is -0.487 e. The predicted octanol–water partition coefficient (Wildman–Crippen LogP) is 4.57. The van der Waals surface area contributed by atoms with Gasteiger partial charge in [0.15, 0.2) is 0 Å². The fraction of sp³-hybridized carbons (Fsp3) is 0.208. The van der Waals surface area contributed by atoms with E-state index in [1.807, 2.05) is 36.6 Å². The summed E-state index contributed by atoms with van der Waals surface area (Å²) in [4.78, 5) is 29.2. The molecule has 0 saturated heterocycles. The maximum absolute atomic E-state index is 12.4. The van der Waals surface area contributed by atoms with Gasteiger partial charge in [-0.25, -0.2) is 4.98 Å². The third kappa shape index (κ3) is 6.02. The summed E-state index contributed by atoms with van der Waals surface area (Å²) in [6, 6.07) is 14.8. The summed E-state index contributed by atoms with van der Waals surface area (Å²) in [7, 11) is 0. The van der Waals surface area contributed by atoms with Gasteiger partial charge in [0.1, 0.15) is 12.4 Å². The highest BCUT2D eigenvalue weighted by molar-refractivity contribution is 7.09. The lowest BCUT2D eigenvalue weighted by molar-refractivity contribution is -0.111. The van der Waals surface area contributed by atoms with E-state index in [1.54, 1.807) is 41.7 Å². The van der Waals surface area contributed by atoms with E-state index in [4.69, 9.17) is 4.74 Å². The third-order valence-corrected chi connectivity index (χ3v) is 5.50. The standard InChI is InChI=1S/C24H23N3O3S/c1-16-25-19(15-31-16)14-30-20-6-4-5-17(13-20)9-12-23(28)27-22-8-3-2-7-21(22)24(29)26-18-10-11-18/h2-9,12-13,15,18H,10-11,14H2,1H3,(H,26,29)(H,27,28)/b12-9+. The first-order valence-electron chi connectivity index (χ1n) is 10.1. The SMILES string of the molecule is Cc1nc(COc2cccc(/C=C/C(=O)Nc3ccccc3C(=O)NC3CC3)c2)cs1. The van der Waals surface area contributed by atoms with E-state index in [-0.39, 0.29) is 17.9 Å². The number of aryl methyl sites for hydroxylation is 1. The Kier molecular flexibility index (Phi) is 6.43. The maximum Gasteiger partial charge on any atom is 0.253 e. The van der Waals surface area contributed by atoms with Crippen molar-refractivity contribution in [1.82, 2.24) is 10.3 Å². The van der Waals surface area contributed by atoms with Crippen LogP contribution in [0.4, 0.5) is 5.69 Å². The van der Waals surface area contributed by atoms with Crippen LogP contribution in [0.3, 0.4) is 0 Å². The van der Waals surface area contributed by atoms with Crippen LogP contribution >= 0.6 is 11.3 Å². The summed E-state index contributed by atoms with van der Waals surface area (Å²) in [5, 5.41) is 8.73. The number of nitrogens with zero attached hydrogens (tertiary/aromatic N) is 1. The van der Waals surface area contributed by atoms with Crippen LogP contribution in [0, 0.1) is 6.92 Å². The van der Waals surface area contributed by atoms with Crippen LogP contribution in [0.15, 0.2) is 60.0 Å². The Morgan fingerprint density at radius 1 is 1.19 bits per heavy atom. The monoisotopic (exact) mass is 433 g/mol. The molecule has 1 heterocycles. The number of nitrogens with one attached hydrogen (secondary N) is 2. The first kappa shape index (κ1) is 20.8. The lowest BCUT2D eigenvalue weighted by Crippen LogP contribution is -2.26. The molecule has 1 saturated carbocycles. The second-order valence-corrected chi connectivity index (χ2v) is 8.40. The van der Waals surface area contributed by atoms with Crippen LogP contribution in [-0.2, 0) is 11.4 Å². The van der Waals surface area contributed by atoms with Gasteiger partial charge >= 0.3 is 0 Å². The van der Waals surface area contributed by atoms with E-state index in [0.717, 1.165) is 29.1 Å². The van der Waals surface area contributed by atoms with Crippen molar-refractivity contribution in [2.24, 2.45) is 0 Å². The third-order valence-electron chi connectivity index (χ3n) is 4.68. The molecule has 0 unspecified atom stereocenters. The molecule has 7 heteroatoms. The number of benzene rings is 2. The normalized spacial score (nSPS) is 13.2. The number of hydrogen-bond acceptors (Lipinski definition) is 5. The molecule has 1 aromatic heterocycles. The van der Waals surface area contributed by atoms with E-state index >= 15 is 0 Å². The van der Waals surface area contributed by atoms with Crippen molar-refractivity contribution >= 4 is 34.9 Å². The highest BCUT2D eigenvalue weighted by atomic mass is 32.1. The Hall–Kier alpha value is -3.45. The second kappa shape index (κ2) is 9.57. The van der Waals surface area contributed by atoms with Gasteiger partial charge < -0.3 is 15.4 Å². The molecule has 2 N–H and O–H groups in total. The number of hydrogen-bond donors (Lipinski definition) is 2. The number of rotatable bonds is 8. The van der Waals surface area contributed by atoms with Gasteiger partial charge in [-0.3, -0.25) is 9.59 Å². The minimum atomic E-state index is -0.309. The highest BCUT2D eigenvalue weighted by Crippen LogP contribution is 2.22. The van der Waals surface area contributed by atoms with Gasteiger partial charge in [0.2, 0.25) is 5.91 Å². The first-order valence-corrected chi connectivity index (χ1v) is 11.0. The highest BCUT2D eigenvalue weighted by Gasteiger charge is 2.24. The van der Waals surface area contributed by atoms with Crippen LogP contribution in [0.5, 0.6) is 5.75 Å². The zero-order chi connectivity index (χ0) is 21.6. The Labute approximate surface area is 185 Å². The Morgan fingerprint density at radius 2 is 2.03 bits per heavy atom. The lowest BCUT2D eigenvalue weighted by atomic mass is 10.1. The van der Waals surface area contributed by atoms with Crippen LogP contribution in [0.2, 0.25) is 0 Å². The summed E-state index contributed by atoms with van der Waals surface area (Å²) < 4.78 is 5.79. The van der Waals surface area contributed by atoms with E-state index < -0.39 is 0 Å². The Morgan fingerprint density at radius 3 is 2.81 bits per heavy atom. The van der Waals surface area contributed by atoms with Crippen LogP contribution < -0.4 is 15.4 Å². The number of thiazole rings is 1. The van der Waals surface area contributed by atoms with Crippen molar-refractivity contribution < 1.29 is 14.3 Å². The number of ether oxygens (including phenoxy) is 1. The molecule has 3 aromatic rings. The maximum atomic E-state index is 12.4. The number of para-hydroxylation sites is 1. The summed E-state index contributed by atoms with van der Waals surface area (Å²) in [5.74, 6) is 0.230. The van der Waals surface area contributed by atoms with E-state index in [2.05, 4.69) is 15.6 Å². The van der Waals surface area contributed by atoms with E-state index in [1.165, 1.54) is 6.08 Å². The number of carbonyl (C=O) groups excluding carboxylic acids is 2. The summed E-state index contributed by atoms with van der Waals surface area (Å²) in [6.45, 7) is 2.36. The molecule has 0 radical (unpaired) electrons. The molecule has 31 heavy (non-hydrogen) atoms. The molecular formula is C24H23N3O3S. The van der Waals surface area contributed by atoms with Crippen molar-refractivity contribution in [2.45, 2.75) is 32.4 Å². The topological polar surface area (TPSA) is 80.3 Å². The molecule has 0 atom stereocenters. The van der Waals surface area contributed by atoms with E-state index in [9.17, 15) is 9.59 Å². The van der Waals surface area contributed by atoms with Crippen molar-refractivity contribution in [3.05, 3.63) is 81.8 Å². The first-order chi connectivity index (χ1) is 15.1. The van der Waals surface area contributed by atoms with Gasteiger partial charge in [-0.2, -0.15) is 0 Å². The van der Waals surface area contributed by atoms with Gasteiger partial charge in [0, 0.05) is 17.5 Å². The summed E-state index contributed by atoms with van der Waals surface area (Å²) >= 11 is 1.59. The number of carbonyl (C=O) groups is 2. The minimum absolute atomic E-state index is 0.164. The zero-order valence-corrected chi connectivity index (χ0v) is 17.9. The zero-order valence-electron chi connectivity index (χ0n) is 17.1. The van der Waals surface area contributed by atoms with Crippen LogP contribution in [0.1, 0.15) is 39.5 Å². The lowest BCUT2D eigenvalue weighted by Gasteiger charge is -2.10. The van der Waals surface area contributed by atoms with Crippen molar-refractivity contribution in [1.29, 1.82) is 0 Å². The molecule has 1 aliphatic carbocycles. The molecule has 158 valence electrons. The number of amides is 2. The van der Waals surface area contributed by atoms with E-state index in [0.29, 0.717) is 23.6 Å². The fourth-order valence-electron chi connectivity index (χ4n) is 2.97. The van der Waals surface area contributed by atoms with Gasteiger partial charge in [-0.15, -0.1) is 11.3 Å². The van der Waals surface area contributed by atoms with Gasteiger partial charge in [-0.05, 0) is 55.7 Å². The average molecular weight is 434 g/mol. The molecule has 2 amide bonds. The molecule has 6 nitrogen and oxygen atoms in total. The molecule has 1 fully saturated rings. The quantitative estimate of drug-likeness (QED) is 0.510. The summed E-state index contributed by atoms with van der Waals surface area (Å²) in [6.07, 6.45) is 5.17. The Bertz CT molecular complexity index is 1120. The molecule has 0 spiro atoms. The average Bonchev–Trinajstić information content (AvgIpc) is 3.49. The smallest absolute Gasteiger partial charge is 0.253 e. The molecule has 1 aliphatic rings. The van der Waals surface area contributed by atoms with Gasteiger partial charge in [-0.1, -0.05) is 24.3 Å². The largest absolute Gasteiger partial charge is 0.487 e. The molecule has 2 aromatic carbocycles. The van der Waals surface area contributed by atoms with Crippen molar-refractivity contribution in [3.8, 4) is 5.75 Å². The Balaban J connectivity index is 1.36. The molecule has 0 bridgehead atoms. The molecule has 0 aliphatic heterocycles. The van der Waals surface area contributed by atoms with Gasteiger partial charge in [0.05, 0.1) is 22.0 Å². The molecule has 4 rings (SSSR count). The molecular weight excluding hydrogens is 410 g/mol. The van der Waals surface area contributed by atoms with Crippen molar-refractivity contribution in [3.63, 3.8) is 0 Å².